The SMILES string of the molecule is COC(c1c2ccccc2cc2ccccc12)C(F)(F)F. The maximum absolute atomic E-state index is 13.3. The van der Waals surface area contributed by atoms with Crippen LogP contribution in [0.5, 0.6) is 0 Å². The number of methoxy groups -OCH3 is 1. The van der Waals surface area contributed by atoms with Crippen molar-refractivity contribution in [2.75, 3.05) is 7.11 Å². The molecule has 0 heterocycles. The molecule has 21 heavy (non-hydrogen) atoms. The van der Waals surface area contributed by atoms with Gasteiger partial charge in [0.05, 0.1) is 0 Å². The number of rotatable bonds is 2. The summed E-state index contributed by atoms with van der Waals surface area (Å²) in [6.07, 6.45) is -6.39. The topological polar surface area (TPSA) is 9.23 Å². The van der Waals surface area contributed by atoms with Crippen molar-refractivity contribution in [1.29, 1.82) is 0 Å². The van der Waals surface area contributed by atoms with E-state index in [9.17, 15) is 13.2 Å². The smallest absolute Gasteiger partial charge is 0.367 e. The van der Waals surface area contributed by atoms with E-state index in [-0.39, 0.29) is 5.56 Å². The molecule has 3 aromatic carbocycles. The summed E-state index contributed by atoms with van der Waals surface area (Å²) in [6, 6.07) is 16.0. The second-order valence-corrected chi connectivity index (χ2v) is 4.89. The Morgan fingerprint density at radius 2 is 1.33 bits per heavy atom. The lowest BCUT2D eigenvalue weighted by atomic mass is 9.93. The average Bonchev–Trinajstić information content (AvgIpc) is 2.46. The minimum Gasteiger partial charge on any atom is -0.367 e. The van der Waals surface area contributed by atoms with E-state index < -0.39 is 12.3 Å². The zero-order valence-electron chi connectivity index (χ0n) is 11.3. The van der Waals surface area contributed by atoms with Gasteiger partial charge in [0, 0.05) is 12.7 Å². The maximum atomic E-state index is 13.3. The molecule has 0 spiro atoms. The van der Waals surface area contributed by atoms with Gasteiger partial charge in [-0.2, -0.15) is 13.2 Å². The van der Waals surface area contributed by atoms with Gasteiger partial charge in [0.15, 0.2) is 6.10 Å². The number of alkyl halides is 3. The molecule has 1 atom stereocenters. The fourth-order valence-electron chi connectivity index (χ4n) is 2.75. The molecule has 0 N–H and O–H groups in total. The first-order valence-electron chi connectivity index (χ1n) is 6.52. The maximum Gasteiger partial charge on any atom is 0.418 e. The number of hydrogen-bond acceptors (Lipinski definition) is 1. The Labute approximate surface area is 119 Å². The largest absolute Gasteiger partial charge is 0.418 e. The van der Waals surface area contributed by atoms with Crippen LogP contribution >= 0.6 is 0 Å². The van der Waals surface area contributed by atoms with Crippen molar-refractivity contribution in [3.05, 3.63) is 60.2 Å². The van der Waals surface area contributed by atoms with Gasteiger partial charge < -0.3 is 4.74 Å². The van der Waals surface area contributed by atoms with Crippen molar-refractivity contribution in [3.63, 3.8) is 0 Å². The van der Waals surface area contributed by atoms with E-state index in [1.54, 1.807) is 24.3 Å². The van der Waals surface area contributed by atoms with Gasteiger partial charge in [-0.15, -0.1) is 0 Å². The van der Waals surface area contributed by atoms with Crippen molar-refractivity contribution >= 4 is 21.5 Å². The number of ether oxygens (including phenoxy) is 1. The van der Waals surface area contributed by atoms with Crippen LogP contribution in [0.15, 0.2) is 54.6 Å². The number of benzene rings is 3. The van der Waals surface area contributed by atoms with Gasteiger partial charge in [0.2, 0.25) is 0 Å². The molecule has 0 amide bonds. The summed E-state index contributed by atoms with van der Waals surface area (Å²) < 4.78 is 44.8. The molecule has 0 aliphatic heterocycles. The minimum atomic E-state index is -4.46. The molecule has 4 heteroatoms. The van der Waals surface area contributed by atoms with E-state index >= 15 is 0 Å². The molecule has 0 saturated carbocycles. The Morgan fingerprint density at radius 3 is 1.76 bits per heavy atom. The fourth-order valence-corrected chi connectivity index (χ4v) is 2.75. The Balaban J connectivity index is 2.45. The molecule has 0 saturated heterocycles. The van der Waals surface area contributed by atoms with Crippen LogP contribution in [0.1, 0.15) is 11.7 Å². The quantitative estimate of drug-likeness (QED) is 0.586. The van der Waals surface area contributed by atoms with Crippen LogP contribution in [0.3, 0.4) is 0 Å². The highest BCUT2D eigenvalue weighted by Gasteiger charge is 2.42. The molecular weight excluding hydrogens is 277 g/mol. The highest BCUT2D eigenvalue weighted by Crippen LogP contribution is 2.42. The van der Waals surface area contributed by atoms with Gasteiger partial charge in [-0.3, -0.25) is 0 Å². The Kier molecular flexibility index (Phi) is 3.33. The minimum absolute atomic E-state index is 0.179. The summed E-state index contributed by atoms with van der Waals surface area (Å²) >= 11 is 0. The summed E-state index contributed by atoms with van der Waals surface area (Å²) in [7, 11) is 1.09. The van der Waals surface area contributed by atoms with Crippen molar-refractivity contribution in [2.45, 2.75) is 12.3 Å². The van der Waals surface area contributed by atoms with Crippen LogP contribution in [0, 0.1) is 0 Å². The molecule has 0 aliphatic carbocycles. The van der Waals surface area contributed by atoms with E-state index in [0.29, 0.717) is 10.8 Å². The molecule has 0 aliphatic rings. The molecule has 3 aromatic rings. The Bertz CT molecular complexity index is 739. The van der Waals surface area contributed by atoms with Crippen molar-refractivity contribution in [3.8, 4) is 0 Å². The summed E-state index contributed by atoms with van der Waals surface area (Å²) in [4.78, 5) is 0. The number of fused-ring (bicyclic) bond motifs is 2. The lowest BCUT2D eigenvalue weighted by Crippen LogP contribution is -2.23. The highest BCUT2D eigenvalue weighted by molar-refractivity contribution is 6.02. The lowest BCUT2D eigenvalue weighted by Gasteiger charge is -2.22. The average molecular weight is 290 g/mol. The van der Waals surface area contributed by atoms with Crippen molar-refractivity contribution in [1.82, 2.24) is 0 Å². The van der Waals surface area contributed by atoms with Crippen LogP contribution in [-0.4, -0.2) is 13.3 Å². The summed E-state index contributed by atoms with van der Waals surface area (Å²) in [6.45, 7) is 0. The normalized spacial score (nSPS) is 13.7. The van der Waals surface area contributed by atoms with Gasteiger partial charge >= 0.3 is 6.18 Å². The molecule has 108 valence electrons. The molecular formula is C17H13F3O. The first kappa shape index (κ1) is 13.9. The molecule has 0 radical (unpaired) electrons. The van der Waals surface area contributed by atoms with Crippen molar-refractivity contribution in [2.24, 2.45) is 0 Å². The van der Waals surface area contributed by atoms with E-state index in [2.05, 4.69) is 0 Å². The van der Waals surface area contributed by atoms with Gasteiger partial charge in [0.25, 0.3) is 0 Å². The van der Waals surface area contributed by atoms with Gasteiger partial charge in [-0.25, -0.2) is 0 Å². The van der Waals surface area contributed by atoms with Gasteiger partial charge in [-0.1, -0.05) is 48.5 Å². The van der Waals surface area contributed by atoms with E-state index in [1.807, 2.05) is 30.3 Å². The third-order valence-corrected chi connectivity index (χ3v) is 3.61. The van der Waals surface area contributed by atoms with Gasteiger partial charge in [0.1, 0.15) is 0 Å². The molecule has 0 bridgehead atoms. The first-order valence-corrected chi connectivity index (χ1v) is 6.52. The van der Waals surface area contributed by atoms with E-state index in [0.717, 1.165) is 17.9 Å². The van der Waals surface area contributed by atoms with Crippen LogP contribution in [0.25, 0.3) is 21.5 Å². The third-order valence-electron chi connectivity index (χ3n) is 3.61. The van der Waals surface area contributed by atoms with Gasteiger partial charge in [-0.05, 0) is 27.6 Å². The fraction of sp³-hybridized carbons (Fsp3) is 0.176. The van der Waals surface area contributed by atoms with Crippen molar-refractivity contribution < 1.29 is 17.9 Å². The summed E-state index contributed by atoms with van der Waals surface area (Å²) in [5.74, 6) is 0. The second-order valence-electron chi connectivity index (χ2n) is 4.89. The highest BCUT2D eigenvalue weighted by atomic mass is 19.4. The monoisotopic (exact) mass is 290 g/mol. The zero-order chi connectivity index (χ0) is 15.0. The molecule has 1 nitrogen and oxygen atoms in total. The Morgan fingerprint density at radius 1 is 0.857 bits per heavy atom. The second kappa shape index (κ2) is 5.04. The summed E-state index contributed by atoms with van der Waals surface area (Å²) in [5, 5.41) is 2.69. The standard InChI is InChI=1S/C17H13F3O/c1-21-16(17(18,19)20)15-13-8-4-2-6-11(13)10-12-7-3-5-9-14(12)15/h2-10,16H,1H3. The van der Waals surface area contributed by atoms with E-state index in [4.69, 9.17) is 4.74 Å². The number of hydrogen-bond donors (Lipinski definition) is 0. The first-order chi connectivity index (χ1) is 10.0. The predicted molar refractivity (Wildman–Crippen MR) is 77.3 cm³/mol. The van der Waals surface area contributed by atoms with Crippen LogP contribution in [0.4, 0.5) is 13.2 Å². The molecule has 0 fully saturated rings. The number of halogens is 3. The van der Waals surface area contributed by atoms with Crippen LogP contribution in [0.2, 0.25) is 0 Å². The third kappa shape index (κ3) is 2.36. The molecule has 3 rings (SSSR count). The lowest BCUT2D eigenvalue weighted by molar-refractivity contribution is -0.215. The molecule has 1 unspecified atom stereocenters. The Hall–Kier alpha value is -2.07. The van der Waals surface area contributed by atoms with Crippen LogP contribution < -0.4 is 0 Å². The summed E-state index contributed by atoms with van der Waals surface area (Å²) in [5.41, 5.74) is 0.179. The van der Waals surface area contributed by atoms with E-state index in [1.165, 1.54) is 0 Å². The molecule has 0 aromatic heterocycles. The van der Waals surface area contributed by atoms with Crippen LogP contribution in [-0.2, 0) is 4.74 Å². The predicted octanol–water partition coefficient (Wildman–Crippen LogP) is 5.24. The zero-order valence-corrected chi connectivity index (χ0v) is 11.3.